The molecule has 5 nitrogen and oxygen atoms in total. The van der Waals surface area contributed by atoms with Gasteiger partial charge in [-0.2, -0.15) is 0 Å². The van der Waals surface area contributed by atoms with Gasteiger partial charge in [0.2, 0.25) is 0 Å². The highest BCUT2D eigenvalue weighted by Gasteiger charge is 2.26. The van der Waals surface area contributed by atoms with Crippen molar-refractivity contribution >= 4 is 11.6 Å². The smallest absolute Gasteiger partial charge is 0.255 e. The molecule has 5 heteroatoms. The number of pyridine rings is 1. The van der Waals surface area contributed by atoms with E-state index in [9.17, 15) is 4.79 Å². The average molecular weight is 235 g/mol. The van der Waals surface area contributed by atoms with Gasteiger partial charge in [-0.15, -0.1) is 0 Å². The lowest BCUT2D eigenvalue weighted by Gasteiger charge is -2.23. The van der Waals surface area contributed by atoms with E-state index in [1.54, 1.807) is 24.2 Å². The summed E-state index contributed by atoms with van der Waals surface area (Å²) in [4.78, 5) is 18.1. The van der Waals surface area contributed by atoms with Crippen molar-refractivity contribution in [3.63, 3.8) is 0 Å². The fourth-order valence-corrected chi connectivity index (χ4v) is 1.95. The second kappa shape index (κ2) is 4.71. The van der Waals surface area contributed by atoms with Gasteiger partial charge in [0.15, 0.2) is 0 Å². The minimum absolute atomic E-state index is 0.0437. The van der Waals surface area contributed by atoms with Crippen LogP contribution in [0.25, 0.3) is 0 Å². The highest BCUT2D eigenvalue weighted by molar-refractivity contribution is 5.96. The van der Waals surface area contributed by atoms with E-state index >= 15 is 0 Å². The van der Waals surface area contributed by atoms with Crippen LogP contribution in [0.3, 0.4) is 0 Å². The zero-order chi connectivity index (χ0) is 12.4. The molecular weight excluding hydrogens is 218 g/mol. The Balaban J connectivity index is 2.20. The summed E-state index contributed by atoms with van der Waals surface area (Å²) in [6, 6.07) is 1.83. The Hall–Kier alpha value is -1.62. The summed E-state index contributed by atoms with van der Waals surface area (Å²) < 4.78 is 5.28. The van der Waals surface area contributed by atoms with Gasteiger partial charge >= 0.3 is 0 Å². The van der Waals surface area contributed by atoms with E-state index in [1.807, 2.05) is 6.92 Å². The van der Waals surface area contributed by atoms with Gasteiger partial charge in [0.05, 0.1) is 35.8 Å². The van der Waals surface area contributed by atoms with E-state index in [-0.39, 0.29) is 11.9 Å². The largest absolute Gasteiger partial charge is 0.397 e. The predicted octanol–water partition coefficient (Wildman–Crippen LogP) is 0.833. The van der Waals surface area contributed by atoms with Crippen LogP contribution in [0.5, 0.6) is 0 Å². The second-order valence-corrected chi connectivity index (χ2v) is 4.34. The summed E-state index contributed by atoms with van der Waals surface area (Å²) in [6.07, 6.45) is 2.45. The van der Waals surface area contributed by atoms with E-state index in [1.165, 1.54) is 0 Å². The topological polar surface area (TPSA) is 68.5 Å². The van der Waals surface area contributed by atoms with E-state index < -0.39 is 0 Å². The zero-order valence-electron chi connectivity index (χ0n) is 10.1. The number of nitrogens with zero attached hydrogens (tertiary/aromatic N) is 2. The van der Waals surface area contributed by atoms with Crippen LogP contribution in [0.2, 0.25) is 0 Å². The lowest BCUT2D eigenvalue weighted by Crippen LogP contribution is -2.37. The van der Waals surface area contributed by atoms with Gasteiger partial charge in [-0.25, -0.2) is 0 Å². The number of nitrogens with two attached hydrogens (primary N) is 1. The molecule has 0 saturated carbocycles. The number of anilines is 1. The van der Waals surface area contributed by atoms with Gasteiger partial charge in [0, 0.05) is 13.7 Å². The number of likely N-dealkylation sites (N-methyl/N-ethyl adjacent to an activating group) is 1. The molecule has 1 saturated heterocycles. The van der Waals surface area contributed by atoms with Gasteiger partial charge in [0.25, 0.3) is 5.91 Å². The lowest BCUT2D eigenvalue weighted by molar-refractivity contribution is 0.0710. The Morgan fingerprint density at radius 2 is 2.41 bits per heavy atom. The number of carbonyl (C=O) groups excluding carboxylic acids is 1. The molecule has 1 aromatic heterocycles. The van der Waals surface area contributed by atoms with Crippen molar-refractivity contribution in [3.8, 4) is 0 Å². The number of aryl methyl sites for hydroxylation is 1. The summed E-state index contributed by atoms with van der Waals surface area (Å²) in [5.74, 6) is -0.0437. The fourth-order valence-electron chi connectivity index (χ4n) is 1.95. The van der Waals surface area contributed by atoms with Crippen LogP contribution >= 0.6 is 0 Å². The van der Waals surface area contributed by atoms with Crippen molar-refractivity contribution in [3.05, 3.63) is 23.5 Å². The molecule has 1 unspecified atom stereocenters. The summed E-state index contributed by atoms with van der Waals surface area (Å²) in [5, 5.41) is 0. The third-order valence-electron chi connectivity index (χ3n) is 3.11. The van der Waals surface area contributed by atoms with E-state index in [4.69, 9.17) is 10.5 Å². The van der Waals surface area contributed by atoms with Crippen LogP contribution in [0.15, 0.2) is 12.3 Å². The molecule has 1 aliphatic rings. The van der Waals surface area contributed by atoms with Gasteiger partial charge in [-0.05, 0) is 19.4 Å². The Kier molecular flexibility index (Phi) is 3.28. The monoisotopic (exact) mass is 235 g/mol. The molecule has 1 aliphatic heterocycles. The molecule has 92 valence electrons. The summed E-state index contributed by atoms with van der Waals surface area (Å²) in [7, 11) is 1.80. The maximum absolute atomic E-state index is 12.3. The highest BCUT2D eigenvalue weighted by Crippen LogP contribution is 2.17. The van der Waals surface area contributed by atoms with Gasteiger partial charge in [-0.1, -0.05) is 0 Å². The molecule has 0 radical (unpaired) electrons. The minimum atomic E-state index is -0.0437. The molecule has 0 aromatic carbocycles. The Morgan fingerprint density at radius 3 is 3.06 bits per heavy atom. The third-order valence-corrected chi connectivity index (χ3v) is 3.11. The molecule has 0 spiro atoms. The normalized spacial score (nSPS) is 19.3. The first-order valence-electron chi connectivity index (χ1n) is 5.66. The van der Waals surface area contributed by atoms with Crippen molar-refractivity contribution in [2.75, 3.05) is 26.0 Å². The first-order chi connectivity index (χ1) is 8.09. The Bertz CT molecular complexity index is 428. The minimum Gasteiger partial charge on any atom is -0.397 e. The maximum Gasteiger partial charge on any atom is 0.255 e. The number of hydrogen-bond acceptors (Lipinski definition) is 4. The van der Waals surface area contributed by atoms with Crippen LogP contribution in [-0.2, 0) is 4.74 Å². The number of ether oxygens (including phenoxy) is 1. The van der Waals surface area contributed by atoms with Crippen LogP contribution in [0.1, 0.15) is 22.5 Å². The van der Waals surface area contributed by atoms with Crippen LogP contribution in [0, 0.1) is 6.92 Å². The number of amides is 1. The number of carbonyl (C=O) groups is 1. The van der Waals surface area contributed by atoms with Crippen molar-refractivity contribution in [2.24, 2.45) is 0 Å². The SMILES string of the molecule is Cc1ncc(N)cc1C(=O)N(C)C1CCOC1. The van der Waals surface area contributed by atoms with Crippen LogP contribution in [-0.4, -0.2) is 42.1 Å². The molecule has 2 N–H and O–H groups in total. The molecule has 1 amide bonds. The van der Waals surface area contributed by atoms with Gasteiger partial charge in [-0.3, -0.25) is 9.78 Å². The first kappa shape index (κ1) is 11.9. The zero-order valence-corrected chi connectivity index (χ0v) is 10.1. The van der Waals surface area contributed by atoms with Crippen LogP contribution < -0.4 is 5.73 Å². The van der Waals surface area contributed by atoms with E-state index in [0.717, 1.165) is 13.0 Å². The molecule has 2 rings (SSSR count). The fraction of sp³-hybridized carbons (Fsp3) is 0.500. The third kappa shape index (κ3) is 2.39. The average Bonchev–Trinajstić information content (AvgIpc) is 2.84. The Labute approximate surface area is 101 Å². The summed E-state index contributed by atoms with van der Waals surface area (Å²) >= 11 is 0. The van der Waals surface area contributed by atoms with Gasteiger partial charge < -0.3 is 15.4 Å². The molecule has 1 fully saturated rings. The predicted molar refractivity (Wildman–Crippen MR) is 64.7 cm³/mol. The molecule has 1 atom stereocenters. The van der Waals surface area contributed by atoms with Crippen molar-refractivity contribution in [2.45, 2.75) is 19.4 Å². The highest BCUT2D eigenvalue weighted by atomic mass is 16.5. The van der Waals surface area contributed by atoms with Crippen LogP contribution in [0.4, 0.5) is 5.69 Å². The Morgan fingerprint density at radius 1 is 1.65 bits per heavy atom. The molecule has 2 heterocycles. The summed E-state index contributed by atoms with van der Waals surface area (Å²) in [6.45, 7) is 3.14. The quantitative estimate of drug-likeness (QED) is 0.824. The summed E-state index contributed by atoms with van der Waals surface area (Å²) in [5.41, 5.74) is 7.44. The number of rotatable bonds is 2. The lowest BCUT2D eigenvalue weighted by atomic mass is 10.1. The molecular formula is C12H17N3O2. The van der Waals surface area contributed by atoms with Crippen molar-refractivity contribution in [1.29, 1.82) is 0 Å². The van der Waals surface area contributed by atoms with Gasteiger partial charge in [0.1, 0.15) is 0 Å². The van der Waals surface area contributed by atoms with E-state index in [2.05, 4.69) is 4.98 Å². The van der Waals surface area contributed by atoms with Crippen molar-refractivity contribution < 1.29 is 9.53 Å². The number of hydrogen-bond donors (Lipinski definition) is 1. The second-order valence-electron chi connectivity index (χ2n) is 4.34. The standard InChI is InChI=1S/C12H17N3O2/c1-8-11(5-9(13)6-14-8)12(16)15(2)10-3-4-17-7-10/h5-6,10H,3-4,7,13H2,1-2H3. The molecule has 17 heavy (non-hydrogen) atoms. The van der Waals surface area contributed by atoms with Crippen molar-refractivity contribution in [1.82, 2.24) is 9.88 Å². The maximum atomic E-state index is 12.3. The molecule has 0 bridgehead atoms. The number of nitrogen functional groups attached to an aromatic ring is 1. The first-order valence-corrected chi connectivity index (χ1v) is 5.66. The van der Waals surface area contributed by atoms with E-state index in [0.29, 0.717) is 23.6 Å². The molecule has 1 aromatic rings. The number of aromatic nitrogens is 1. The molecule has 0 aliphatic carbocycles.